The number of carbonyl (C=O) groups is 1. The number of hydrogen-bond donors (Lipinski definition) is 1. The number of aromatic hydroxyl groups is 1. The second kappa shape index (κ2) is 4.05. The molecule has 1 aromatic heterocycles. The third kappa shape index (κ3) is 1.49. The molecule has 0 amide bonds. The molecule has 0 radical (unpaired) electrons. The molecule has 2 heterocycles. The molecule has 0 fully saturated rings. The summed E-state index contributed by atoms with van der Waals surface area (Å²) in [5.74, 6) is -0.0964. The Morgan fingerprint density at radius 1 is 1.50 bits per heavy atom. The van der Waals surface area contributed by atoms with Gasteiger partial charge in [0.2, 0.25) is 0 Å². The van der Waals surface area contributed by atoms with Gasteiger partial charge < -0.3 is 14.4 Å². The van der Waals surface area contributed by atoms with Crippen LogP contribution in [0.4, 0.5) is 0 Å². The van der Waals surface area contributed by atoms with Crippen molar-refractivity contribution >= 4 is 16.9 Å². The predicted molar refractivity (Wildman–Crippen MR) is 67.9 cm³/mol. The number of phenols is 1. The molecule has 0 atom stereocenters. The number of rotatable bonds is 2. The van der Waals surface area contributed by atoms with Crippen LogP contribution < -0.4 is 0 Å². The van der Waals surface area contributed by atoms with E-state index >= 15 is 0 Å². The molecule has 1 N–H and O–H groups in total. The number of ether oxygens (including phenoxy) is 1. The van der Waals surface area contributed by atoms with Gasteiger partial charge in [0, 0.05) is 11.9 Å². The number of aromatic nitrogens is 1. The zero-order valence-corrected chi connectivity index (χ0v) is 10.3. The quantitative estimate of drug-likeness (QED) is 0.827. The minimum Gasteiger partial charge on any atom is -0.507 e. The Labute approximate surface area is 105 Å². The lowest BCUT2D eigenvalue weighted by molar-refractivity contribution is 0.0514. The van der Waals surface area contributed by atoms with E-state index in [-0.39, 0.29) is 11.7 Å². The molecular weight excluding hydrogens is 230 g/mol. The molecule has 0 unspecified atom stereocenters. The van der Waals surface area contributed by atoms with E-state index in [2.05, 4.69) is 0 Å². The molecule has 1 aliphatic rings. The number of nitrogens with zero attached hydrogens (tertiary/aromatic N) is 1. The third-order valence-corrected chi connectivity index (χ3v) is 3.43. The van der Waals surface area contributed by atoms with Crippen LogP contribution in [0.1, 0.15) is 29.4 Å². The lowest BCUT2D eigenvalue weighted by atomic mass is 10.0. The molecule has 0 spiro atoms. The van der Waals surface area contributed by atoms with Crippen LogP contribution in [0.25, 0.3) is 10.9 Å². The zero-order valence-electron chi connectivity index (χ0n) is 10.3. The Balaban J connectivity index is 2.26. The molecule has 4 heteroatoms. The summed E-state index contributed by atoms with van der Waals surface area (Å²) in [4.78, 5) is 11.9. The predicted octanol–water partition coefficient (Wildman–Crippen LogP) is 2.47. The van der Waals surface area contributed by atoms with Crippen LogP contribution in [-0.2, 0) is 17.7 Å². The van der Waals surface area contributed by atoms with E-state index in [1.807, 2.05) is 10.6 Å². The van der Waals surface area contributed by atoms with Gasteiger partial charge in [0.25, 0.3) is 0 Å². The molecule has 0 saturated carbocycles. The maximum absolute atomic E-state index is 11.9. The van der Waals surface area contributed by atoms with Crippen molar-refractivity contribution in [2.75, 3.05) is 6.61 Å². The maximum Gasteiger partial charge on any atom is 0.354 e. The monoisotopic (exact) mass is 245 g/mol. The van der Waals surface area contributed by atoms with E-state index in [4.69, 9.17) is 4.74 Å². The van der Waals surface area contributed by atoms with Crippen LogP contribution in [0, 0.1) is 0 Å². The molecule has 1 aromatic carbocycles. The van der Waals surface area contributed by atoms with Crippen molar-refractivity contribution in [3.8, 4) is 5.75 Å². The van der Waals surface area contributed by atoms with Crippen LogP contribution >= 0.6 is 0 Å². The Morgan fingerprint density at radius 3 is 3.11 bits per heavy atom. The Morgan fingerprint density at radius 2 is 2.33 bits per heavy atom. The summed E-state index contributed by atoms with van der Waals surface area (Å²) < 4.78 is 7.03. The van der Waals surface area contributed by atoms with Crippen LogP contribution in [0.5, 0.6) is 5.75 Å². The largest absolute Gasteiger partial charge is 0.507 e. The fourth-order valence-electron chi connectivity index (χ4n) is 2.67. The van der Waals surface area contributed by atoms with E-state index in [1.54, 1.807) is 19.1 Å². The van der Waals surface area contributed by atoms with Gasteiger partial charge in [-0.1, -0.05) is 6.07 Å². The van der Waals surface area contributed by atoms with Crippen molar-refractivity contribution in [1.82, 2.24) is 4.57 Å². The highest BCUT2D eigenvalue weighted by atomic mass is 16.5. The number of phenolic OH excluding ortho intramolecular Hbond substituents is 1. The lowest BCUT2D eigenvalue weighted by Gasteiger charge is -2.17. The highest BCUT2D eigenvalue weighted by Gasteiger charge is 2.22. The van der Waals surface area contributed by atoms with Gasteiger partial charge in [-0.25, -0.2) is 4.79 Å². The molecule has 0 aliphatic carbocycles. The molecule has 2 aromatic rings. The first-order chi connectivity index (χ1) is 8.72. The Bertz CT molecular complexity index is 627. The van der Waals surface area contributed by atoms with Crippen molar-refractivity contribution in [3.63, 3.8) is 0 Å². The average molecular weight is 245 g/mol. The van der Waals surface area contributed by atoms with Crippen molar-refractivity contribution in [3.05, 3.63) is 29.5 Å². The molecule has 3 rings (SSSR count). The summed E-state index contributed by atoms with van der Waals surface area (Å²) in [6.07, 6.45) is 2.00. The number of hydrogen-bond acceptors (Lipinski definition) is 3. The summed E-state index contributed by atoms with van der Waals surface area (Å²) in [6, 6.07) is 5.36. The molecule has 1 aliphatic heterocycles. The van der Waals surface area contributed by atoms with E-state index < -0.39 is 0 Å². The molecule has 18 heavy (non-hydrogen) atoms. The van der Waals surface area contributed by atoms with Gasteiger partial charge in [0.1, 0.15) is 11.4 Å². The zero-order chi connectivity index (χ0) is 12.7. The summed E-state index contributed by atoms with van der Waals surface area (Å²) in [6.45, 7) is 2.95. The highest BCUT2D eigenvalue weighted by Crippen LogP contribution is 2.34. The number of carbonyl (C=O) groups excluding carboxylic acids is 1. The summed E-state index contributed by atoms with van der Waals surface area (Å²) in [5.41, 5.74) is 2.70. The number of benzene rings is 1. The van der Waals surface area contributed by atoms with Crippen molar-refractivity contribution in [2.45, 2.75) is 26.3 Å². The lowest BCUT2D eigenvalue weighted by Crippen LogP contribution is -2.15. The summed E-state index contributed by atoms with van der Waals surface area (Å²) >= 11 is 0. The standard InChI is InChI=1S/C14H15NO3/c1-2-18-14(17)11-8-10-12(16)6-5-9-4-3-7-15(11)13(9)10/h5-6,8,16H,2-4,7H2,1H3. The normalized spacial score (nSPS) is 13.8. The second-order valence-corrected chi connectivity index (χ2v) is 4.51. The van der Waals surface area contributed by atoms with Gasteiger partial charge in [0.05, 0.1) is 12.1 Å². The van der Waals surface area contributed by atoms with Gasteiger partial charge in [-0.05, 0) is 37.5 Å². The fourth-order valence-corrected chi connectivity index (χ4v) is 2.67. The fraction of sp³-hybridized carbons (Fsp3) is 0.357. The summed E-state index contributed by atoms with van der Waals surface area (Å²) in [7, 11) is 0. The van der Waals surface area contributed by atoms with Crippen molar-refractivity contribution in [1.29, 1.82) is 0 Å². The van der Waals surface area contributed by atoms with Gasteiger partial charge >= 0.3 is 5.97 Å². The van der Waals surface area contributed by atoms with Crippen LogP contribution in [0.2, 0.25) is 0 Å². The summed E-state index contributed by atoms with van der Waals surface area (Å²) in [5, 5.41) is 10.6. The van der Waals surface area contributed by atoms with E-state index in [0.29, 0.717) is 12.3 Å². The first-order valence-electron chi connectivity index (χ1n) is 6.23. The van der Waals surface area contributed by atoms with Crippen LogP contribution in [0.15, 0.2) is 18.2 Å². The van der Waals surface area contributed by atoms with E-state index in [1.165, 1.54) is 5.56 Å². The maximum atomic E-state index is 11.9. The molecular formula is C14H15NO3. The van der Waals surface area contributed by atoms with Crippen LogP contribution in [0.3, 0.4) is 0 Å². The second-order valence-electron chi connectivity index (χ2n) is 4.51. The molecule has 94 valence electrons. The Hall–Kier alpha value is -1.97. The van der Waals surface area contributed by atoms with Crippen molar-refractivity contribution < 1.29 is 14.6 Å². The first kappa shape index (κ1) is 11.1. The highest BCUT2D eigenvalue weighted by molar-refractivity contribution is 5.99. The smallest absolute Gasteiger partial charge is 0.354 e. The minimum atomic E-state index is -0.319. The first-order valence-corrected chi connectivity index (χ1v) is 6.23. The van der Waals surface area contributed by atoms with Crippen molar-refractivity contribution in [2.24, 2.45) is 0 Å². The topological polar surface area (TPSA) is 51.5 Å². The van der Waals surface area contributed by atoms with Gasteiger partial charge in [-0.3, -0.25) is 0 Å². The van der Waals surface area contributed by atoms with Gasteiger partial charge in [-0.2, -0.15) is 0 Å². The van der Waals surface area contributed by atoms with Crippen LogP contribution in [-0.4, -0.2) is 22.2 Å². The SMILES string of the molecule is CCOC(=O)c1cc2c(O)ccc3c2n1CCC3. The van der Waals surface area contributed by atoms with E-state index in [0.717, 1.165) is 30.3 Å². The average Bonchev–Trinajstić information content (AvgIpc) is 2.76. The third-order valence-electron chi connectivity index (χ3n) is 3.43. The number of aryl methyl sites for hydroxylation is 2. The molecule has 0 bridgehead atoms. The minimum absolute atomic E-state index is 0.222. The molecule has 4 nitrogen and oxygen atoms in total. The van der Waals surface area contributed by atoms with Gasteiger partial charge in [0.15, 0.2) is 0 Å². The number of esters is 1. The Kier molecular flexibility index (Phi) is 2.51. The van der Waals surface area contributed by atoms with E-state index in [9.17, 15) is 9.90 Å². The van der Waals surface area contributed by atoms with Gasteiger partial charge in [-0.15, -0.1) is 0 Å². The molecule has 0 saturated heterocycles.